The van der Waals surface area contributed by atoms with Crippen molar-refractivity contribution in [2.75, 3.05) is 31.5 Å². The summed E-state index contributed by atoms with van der Waals surface area (Å²) in [6, 6.07) is 27.5. The topological polar surface area (TPSA) is 85.5 Å². The highest BCUT2D eigenvalue weighted by Crippen LogP contribution is 2.50. The lowest BCUT2D eigenvalue weighted by atomic mass is 9.92. The van der Waals surface area contributed by atoms with Crippen molar-refractivity contribution in [2.24, 2.45) is 9.98 Å². The number of nitrogens with one attached hydrogen (secondary N) is 1. The number of aliphatic imine (C=N–C) groups is 2. The van der Waals surface area contributed by atoms with Crippen LogP contribution in [0.2, 0.25) is 5.02 Å². The molecule has 0 fully saturated rings. The Morgan fingerprint density at radius 3 is 2.20 bits per heavy atom. The SMILES string of the molecule is COc1cc([C@H]2c3c(C)nn(-c4ccccc4)c3N=C3C(Nc4ccc(C)c(Cl)c4)=Nc4ccccc4N32)cc(OC)c1OC. The molecule has 0 amide bonds. The smallest absolute Gasteiger partial charge is 0.203 e. The predicted molar refractivity (Wildman–Crippen MR) is 179 cm³/mol. The minimum atomic E-state index is -0.381. The van der Waals surface area contributed by atoms with Gasteiger partial charge in [-0.2, -0.15) is 5.10 Å². The van der Waals surface area contributed by atoms with Gasteiger partial charge in [0.25, 0.3) is 0 Å². The van der Waals surface area contributed by atoms with Gasteiger partial charge in [0.1, 0.15) is 0 Å². The number of hydrogen-bond donors (Lipinski definition) is 1. The molecule has 0 saturated carbocycles. The minimum absolute atomic E-state index is 0.381. The molecule has 226 valence electrons. The number of methoxy groups -OCH3 is 3. The van der Waals surface area contributed by atoms with Crippen LogP contribution in [0.25, 0.3) is 5.69 Å². The fourth-order valence-electron chi connectivity index (χ4n) is 5.93. The van der Waals surface area contributed by atoms with Crippen molar-refractivity contribution in [3.8, 4) is 22.9 Å². The van der Waals surface area contributed by atoms with Crippen molar-refractivity contribution in [3.63, 3.8) is 0 Å². The highest BCUT2D eigenvalue weighted by molar-refractivity contribution is 6.51. The molecule has 3 heterocycles. The van der Waals surface area contributed by atoms with Crippen LogP contribution < -0.4 is 24.4 Å². The van der Waals surface area contributed by atoms with Crippen LogP contribution in [0.15, 0.2) is 94.9 Å². The summed E-state index contributed by atoms with van der Waals surface area (Å²) in [6.45, 7) is 3.99. The first-order valence-corrected chi connectivity index (χ1v) is 14.8. The third kappa shape index (κ3) is 4.76. The largest absolute Gasteiger partial charge is 0.493 e. The van der Waals surface area contributed by atoms with Gasteiger partial charge in [-0.25, -0.2) is 14.7 Å². The van der Waals surface area contributed by atoms with E-state index >= 15 is 0 Å². The third-order valence-electron chi connectivity index (χ3n) is 8.08. The van der Waals surface area contributed by atoms with Crippen LogP contribution in [0.4, 0.5) is 22.9 Å². The first kappa shape index (κ1) is 28.5. The van der Waals surface area contributed by atoms with Crippen molar-refractivity contribution in [1.29, 1.82) is 0 Å². The van der Waals surface area contributed by atoms with Gasteiger partial charge in [-0.15, -0.1) is 0 Å². The fourth-order valence-corrected chi connectivity index (χ4v) is 6.11. The maximum Gasteiger partial charge on any atom is 0.203 e. The number of benzene rings is 4. The second-order valence-electron chi connectivity index (χ2n) is 10.8. The summed E-state index contributed by atoms with van der Waals surface area (Å²) >= 11 is 6.53. The number of para-hydroxylation sites is 3. The Bertz CT molecular complexity index is 1980. The molecular formula is C35H31ClN6O3. The Morgan fingerprint density at radius 2 is 1.51 bits per heavy atom. The van der Waals surface area contributed by atoms with E-state index in [1.54, 1.807) is 21.3 Å². The van der Waals surface area contributed by atoms with Crippen LogP contribution >= 0.6 is 11.6 Å². The van der Waals surface area contributed by atoms with Crippen molar-refractivity contribution in [2.45, 2.75) is 19.9 Å². The molecule has 2 aliphatic heterocycles. The molecule has 1 aromatic heterocycles. The monoisotopic (exact) mass is 618 g/mol. The normalized spacial score (nSPS) is 14.9. The van der Waals surface area contributed by atoms with Gasteiger partial charge < -0.3 is 24.4 Å². The van der Waals surface area contributed by atoms with Gasteiger partial charge >= 0.3 is 0 Å². The molecule has 4 aromatic carbocycles. The van der Waals surface area contributed by atoms with Crippen LogP contribution in [-0.4, -0.2) is 42.8 Å². The Labute approximate surface area is 266 Å². The van der Waals surface area contributed by atoms with E-state index in [2.05, 4.69) is 16.3 Å². The van der Waals surface area contributed by atoms with Crippen LogP contribution in [0.1, 0.15) is 28.4 Å². The number of aryl methyl sites for hydroxylation is 2. The summed E-state index contributed by atoms with van der Waals surface area (Å²) in [5.41, 5.74) is 7.09. The molecule has 1 N–H and O–H groups in total. The molecule has 0 aliphatic carbocycles. The Morgan fingerprint density at radius 1 is 0.800 bits per heavy atom. The van der Waals surface area contributed by atoms with Crippen molar-refractivity contribution in [1.82, 2.24) is 9.78 Å². The zero-order valence-corrected chi connectivity index (χ0v) is 26.3. The van der Waals surface area contributed by atoms with E-state index < -0.39 is 0 Å². The number of anilines is 2. The van der Waals surface area contributed by atoms with Crippen LogP contribution in [-0.2, 0) is 0 Å². The van der Waals surface area contributed by atoms with Crippen LogP contribution in [0.3, 0.4) is 0 Å². The van der Waals surface area contributed by atoms with Crippen LogP contribution in [0, 0.1) is 13.8 Å². The summed E-state index contributed by atoms with van der Waals surface area (Å²) in [5.74, 6) is 3.54. The van der Waals surface area contributed by atoms with E-state index in [0.29, 0.717) is 39.8 Å². The van der Waals surface area contributed by atoms with Gasteiger partial charge in [-0.05, 0) is 73.5 Å². The molecule has 0 bridgehead atoms. The highest BCUT2D eigenvalue weighted by Gasteiger charge is 2.42. The van der Waals surface area contributed by atoms with Gasteiger partial charge in [-0.3, -0.25) is 0 Å². The van der Waals surface area contributed by atoms with E-state index in [-0.39, 0.29) is 6.04 Å². The van der Waals surface area contributed by atoms with Crippen molar-refractivity contribution in [3.05, 3.63) is 112 Å². The van der Waals surface area contributed by atoms with Gasteiger partial charge in [0, 0.05) is 16.3 Å². The van der Waals surface area contributed by atoms with Gasteiger partial charge in [-0.1, -0.05) is 48.0 Å². The Kier molecular flexibility index (Phi) is 7.17. The summed E-state index contributed by atoms with van der Waals surface area (Å²) in [7, 11) is 4.84. The third-order valence-corrected chi connectivity index (χ3v) is 8.48. The fraction of sp³-hybridized carbons (Fsp3) is 0.171. The maximum absolute atomic E-state index is 6.53. The summed E-state index contributed by atoms with van der Waals surface area (Å²) in [4.78, 5) is 12.6. The van der Waals surface area contributed by atoms with Gasteiger partial charge in [0.2, 0.25) is 5.75 Å². The number of ether oxygens (including phenoxy) is 3. The molecule has 45 heavy (non-hydrogen) atoms. The summed E-state index contributed by atoms with van der Waals surface area (Å²) in [5, 5.41) is 9.20. The molecule has 5 aromatic rings. The standard InChI is InChI=1S/C35H31ClN6O3/c1-20-15-16-23(19-25(20)36)37-33-35-39-34-30(21(2)40-42(34)24-11-7-6-8-12-24)31(41(35)27-14-10-9-13-26(27)38-33)22-17-28(43-3)32(45-5)29(18-22)44-4/h6-19,31H,1-5H3,(H,37,38)/t31-/m0/s1. The number of nitrogens with zero attached hydrogens (tertiary/aromatic N) is 5. The lowest BCUT2D eigenvalue weighted by molar-refractivity contribution is 0.323. The molecule has 0 saturated heterocycles. The van der Waals surface area contributed by atoms with Crippen LogP contribution in [0.5, 0.6) is 17.2 Å². The van der Waals surface area contributed by atoms with E-state index in [1.165, 1.54) is 0 Å². The average Bonchev–Trinajstić information content (AvgIpc) is 3.40. The second kappa shape index (κ2) is 11.3. The molecule has 0 unspecified atom stereocenters. The number of amidine groups is 2. The van der Waals surface area contributed by atoms with Crippen molar-refractivity contribution < 1.29 is 14.2 Å². The Hall–Kier alpha value is -5.28. The highest BCUT2D eigenvalue weighted by atomic mass is 35.5. The first-order chi connectivity index (χ1) is 21.9. The average molecular weight is 619 g/mol. The number of aromatic nitrogens is 2. The number of rotatable bonds is 6. The van der Waals surface area contributed by atoms with E-state index in [1.807, 2.05) is 97.4 Å². The van der Waals surface area contributed by atoms with Crippen molar-refractivity contribution >= 4 is 46.2 Å². The lowest BCUT2D eigenvalue weighted by Crippen LogP contribution is -2.46. The maximum atomic E-state index is 6.53. The predicted octanol–water partition coefficient (Wildman–Crippen LogP) is 7.96. The number of halogens is 1. The minimum Gasteiger partial charge on any atom is -0.493 e. The molecule has 1 atom stereocenters. The number of fused-ring (bicyclic) bond motifs is 4. The molecule has 9 nitrogen and oxygen atoms in total. The molecule has 10 heteroatoms. The quantitative estimate of drug-likeness (QED) is 0.208. The molecule has 0 spiro atoms. The van der Waals surface area contributed by atoms with E-state index in [9.17, 15) is 0 Å². The Balaban J connectivity index is 1.51. The zero-order chi connectivity index (χ0) is 31.2. The second-order valence-corrected chi connectivity index (χ2v) is 11.2. The molecule has 2 aliphatic rings. The molecular weight excluding hydrogens is 588 g/mol. The van der Waals surface area contributed by atoms with Gasteiger partial charge in [0.15, 0.2) is 29.0 Å². The van der Waals surface area contributed by atoms with Gasteiger partial charge in [0.05, 0.1) is 50.1 Å². The molecule has 0 radical (unpaired) electrons. The van der Waals surface area contributed by atoms with E-state index in [4.69, 9.17) is 40.9 Å². The molecule has 7 rings (SSSR count). The lowest BCUT2D eigenvalue weighted by Gasteiger charge is -2.40. The number of hydrogen-bond acceptors (Lipinski definition) is 8. The zero-order valence-electron chi connectivity index (χ0n) is 25.5. The first-order valence-electron chi connectivity index (χ1n) is 14.5. The summed E-state index contributed by atoms with van der Waals surface area (Å²) in [6.07, 6.45) is 0. The van der Waals surface area contributed by atoms with E-state index in [0.717, 1.165) is 45.1 Å². The summed E-state index contributed by atoms with van der Waals surface area (Å²) < 4.78 is 19.2.